The molecule has 1 aromatic carbocycles. The monoisotopic (exact) mass is 265 g/mol. The molecule has 2 rings (SSSR count). The highest BCUT2D eigenvalue weighted by molar-refractivity contribution is 5.31. The van der Waals surface area contributed by atoms with E-state index < -0.39 is 0 Å². The van der Waals surface area contributed by atoms with Crippen LogP contribution in [0.3, 0.4) is 0 Å². The topological polar surface area (TPSA) is 73.3 Å². The van der Waals surface area contributed by atoms with E-state index in [4.69, 9.17) is 15.6 Å². The van der Waals surface area contributed by atoms with E-state index in [1.165, 1.54) is 12.1 Å². The lowest BCUT2D eigenvalue weighted by molar-refractivity contribution is 0.269. The van der Waals surface area contributed by atoms with E-state index in [2.05, 4.69) is 5.10 Å². The third-order valence-electron chi connectivity index (χ3n) is 2.61. The quantitative estimate of drug-likeness (QED) is 0.823. The summed E-state index contributed by atoms with van der Waals surface area (Å²) >= 11 is 0. The number of nitrogens with two attached hydrogens (primary N) is 1. The number of anilines is 1. The van der Waals surface area contributed by atoms with Gasteiger partial charge in [-0.1, -0.05) is 0 Å². The molecule has 19 heavy (non-hydrogen) atoms. The molecule has 102 valence electrons. The Hall–Kier alpha value is -2.08. The molecule has 0 fully saturated rings. The van der Waals surface area contributed by atoms with E-state index in [9.17, 15) is 4.39 Å². The molecule has 1 aromatic heterocycles. The van der Waals surface area contributed by atoms with Gasteiger partial charge >= 0.3 is 0 Å². The highest BCUT2D eigenvalue weighted by Gasteiger charge is 2.04. The van der Waals surface area contributed by atoms with E-state index in [-0.39, 0.29) is 12.4 Å². The molecule has 0 unspecified atom stereocenters. The van der Waals surface area contributed by atoms with Gasteiger partial charge in [0, 0.05) is 12.5 Å². The number of aliphatic hydroxyl groups excluding tert-OH is 1. The van der Waals surface area contributed by atoms with Gasteiger partial charge in [-0.2, -0.15) is 5.10 Å². The lowest BCUT2D eigenvalue weighted by atomic mass is 10.3. The molecule has 0 amide bonds. The van der Waals surface area contributed by atoms with Crippen molar-refractivity contribution in [1.29, 1.82) is 0 Å². The lowest BCUT2D eigenvalue weighted by Crippen LogP contribution is -2.08. The summed E-state index contributed by atoms with van der Waals surface area (Å²) in [6.07, 6.45) is 0.597. The molecule has 0 saturated carbocycles. The van der Waals surface area contributed by atoms with Crippen molar-refractivity contribution in [2.45, 2.75) is 13.0 Å². The maximum Gasteiger partial charge on any atom is 0.123 e. The van der Waals surface area contributed by atoms with Crippen LogP contribution in [0.25, 0.3) is 0 Å². The Morgan fingerprint density at radius 2 is 2.05 bits per heavy atom. The average molecular weight is 265 g/mol. The molecular weight excluding hydrogens is 249 g/mol. The summed E-state index contributed by atoms with van der Waals surface area (Å²) in [4.78, 5) is 0. The number of hydrogen-bond acceptors (Lipinski definition) is 4. The number of aliphatic hydroxyl groups is 1. The number of halogens is 1. The fourth-order valence-corrected chi connectivity index (χ4v) is 1.69. The van der Waals surface area contributed by atoms with Crippen LogP contribution in [-0.4, -0.2) is 28.1 Å². The van der Waals surface area contributed by atoms with Crippen LogP contribution in [0.2, 0.25) is 0 Å². The summed E-state index contributed by atoms with van der Waals surface area (Å²) in [6, 6.07) is 7.61. The molecule has 0 bridgehead atoms. The Morgan fingerprint density at radius 1 is 1.32 bits per heavy atom. The van der Waals surface area contributed by atoms with Gasteiger partial charge in [0.15, 0.2) is 0 Å². The van der Waals surface area contributed by atoms with E-state index >= 15 is 0 Å². The molecule has 3 N–H and O–H groups in total. The second-order valence-electron chi connectivity index (χ2n) is 4.06. The minimum absolute atomic E-state index is 0.00258. The summed E-state index contributed by atoms with van der Waals surface area (Å²) in [5, 5.41) is 13.1. The van der Waals surface area contributed by atoms with E-state index in [0.717, 1.165) is 5.69 Å². The molecular formula is C13H16FN3O2. The highest BCUT2D eigenvalue weighted by Crippen LogP contribution is 2.12. The van der Waals surface area contributed by atoms with E-state index in [1.807, 2.05) is 0 Å². The van der Waals surface area contributed by atoms with Crippen LogP contribution in [0.4, 0.5) is 10.2 Å². The van der Waals surface area contributed by atoms with Gasteiger partial charge in [-0.05, 0) is 24.3 Å². The van der Waals surface area contributed by atoms with Crippen molar-refractivity contribution in [3.63, 3.8) is 0 Å². The molecule has 0 radical (unpaired) electrons. The predicted octanol–water partition coefficient (Wildman–Crippen LogP) is 1.22. The second kappa shape index (κ2) is 6.19. The molecule has 5 nitrogen and oxygen atoms in total. The van der Waals surface area contributed by atoms with Crippen molar-refractivity contribution in [3.05, 3.63) is 41.8 Å². The molecule has 0 spiro atoms. The van der Waals surface area contributed by atoms with Crippen LogP contribution in [0.5, 0.6) is 5.75 Å². The molecule has 0 saturated heterocycles. The Bertz CT molecular complexity index is 525. The molecule has 2 aromatic rings. The van der Waals surface area contributed by atoms with Gasteiger partial charge in [-0.3, -0.25) is 0 Å². The number of hydrogen-bond donors (Lipinski definition) is 2. The van der Waals surface area contributed by atoms with Gasteiger partial charge < -0.3 is 15.6 Å². The predicted molar refractivity (Wildman–Crippen MR) is 69.3 cm³/mol. The second-order valence-corrected chi connectivity index (χ2v) is 4.06. The third-order valence-corrected chi connectivity index (χ3v) is 2.61. The minimum Gasteiger partial charge on any atom is -0.493 e. The first-order valence-corrected chi connectivity index (χ1v) is 6.00. The van der Waals surface area contributed by atoms with Crippen LogP contribution in [-0.2, 0) is 13.0 Å². The molecule has 6 heteroatoms. The smallest absolute Gasteiger partial charge is 0.123 e. The average Bonchev–Trinajstić information content (AvgIpc) is 2.73. The summed E-state index contributed by atoms with van der Waals surface area (Å²) in [6.45, 7) is 0.809. The standard InChI is InChI=1S/C13H16FN3O2/c14-10-1-3-12(4-2-10)19-8-5-11-9-13(15)17(16-11)6-7-18/h1-4,9,18H,5-8,15H2. The fraction of sp³-hybridized carbons (Fsp3) is 0.308. The van der Waals surface area contributed by atoms with Crippen LogP contribution in [0.15, 0.2) is 30.3 Å². The van der Waals surface area contributed by atoms with Crippen molar-refractivity contribution in [2.24, 2.45) is 0 Å². The summed E-state index contributed by atoms with van der Waals surface area (Å²) in [5.74, 6) is 0.845. The van der Waals surface area contributed by atoms with Gasteiger partial charge in [-0.25, -0.2) is 9.07 Å². The van der Waals surface area contributed by atoms with E-state index in [0.29, 0.717) is 31.1 Å². The zero-order valence-electron chi connectivity index (χ0n) is 10.4. The van der Waals surface area contributed by atoms with Crippen LogP contribution >= 0.6 is 0 Å². The zero-order valence-corrected chi connectivity index (χ0v) is 10.4. The van der Waals surface area contributed by atoms with Gasteiger partial charge in [0.2, 0.25) is 0 Å². The summed E-state index contributed by atoms with van der Waals surface area (Å²) < 4.78 is 19.7. The number of aromatic nitrogens is 2. The fourth-order valence-electron chi connectivity index (χ4n) is 1.69. The number of ether oxygens (including phenoxy) is 1. The van der Waals surface area contributed by atoms with Gasteiger partial charge in [0.1, 0.15) is 17.4 Å². The van der Waals surface area contributed by atoms with Gasteiger partial charge in [-0.15, -0.1) is 0 Å². The lowest BCUT2D eigenvalue weighted by Gasteiger charge is -2.04. The maximum absolute atomic E-state index is 12.7. The first-order chi connectivity index (χ1) is 9.19. The van der Waals surface area contributed by atoms with Gasteiger partial charge in [0.05, 0.1) is 25.5 Å². The largest absolute Gasteiger partial charge is 0.493 e. The highest BCUT2D eigenvalue weighted by atomic mass is 19.1. The number of nitrogen functional groups attached to an aromatic ring is 1. The Balaban J connectivity index is 1.85. The van der Waals surface area contributed by atoms with E-state index in [1.54, 1.807) is 22.9 Å². The number of benzene rings is 1. The normalized spacial score (nSPS) is 10.6. The van der Waals surface area contributed by atoms with Crippen molar-refractivity contribution in [1.82, 2.24) is 9.78 Å². The first-order valence-electron chi connectivity index (χ1n) is 6.00. The Morgan fingerprint density at radius 3 is 2.74 bits per heavy atom. The Kier molecular flexibility index (Phi) is 4.35. The SMILES string of the molecule is Nc1cc(CCOc2ccc(F)cc2)nn1CCO. The maximum atomic E-state index is 12.7. The van der Waals surface area contributed by atoms with Crippen LogP contribution in [0.1, 0.15) is 5.69 Å². The molecule has 0 atom stereocenters. The van der Waals surface area contributed by atoms with Gasteiger partial charge in [0.25, 0.3) is 0 Å². The summed E-state index contributed by atoms with van der Waals surface area (Å²) in [7, 11) is 0. The summed E-state index contributed by atoms with van der Waals surface area (Å²) in [5.41, 5.74) is 6.53. The minimum atomic E-state index is -0.289. The van der Waals surface area contributed by atoms with Crippen LogP contribution in [0, 0.1) is 5.82 Å². The number of nitrogens with zero attached hydrogens (tertiary/aromatic N) is 2. The molecule has 0 aliphatic carbocycles. The van der Waals surface area contributed by atoms with Crippen LogP contribution < -0.4 is 10.5 Å². The first kappa shape index (κ1) is 13.4. The molecule has 0 aliphatic rings. The van der Waals surface area contributed by atoms with Crippen molar-refractivity contribution in [3.8, 4) is 5.75 Å². The zero-order chi connectivity index (χ0) is 13.7. The number of rotatable bonds is 6. The third kappa shape index (κ3) is 3.69. The van der Waals surface area contributed by atoms with Crippen molar-refractivity contribution in [2.75, 3.05) is 18.9 Å². The Labute approximate surface area is 110 Å². The molecule has 1 heterocycles. The van der Waals surface area contributed by atoms with Crippen molar-refractivity contribution >= 4 is 5.82 Å². The molecule has 0 aliphatic heterocycles. The van der Waals surface area contributed by atoms with Crippen molar-refractivity contribution < 1.29 is 14.2 Å².